The van der Waals surface area contributed by atoms with Crippen LogP contribution in [0.3, 0.4) is 0 Å². The zero-order valence-corrected chi connectivity index (χ0v) is 12.6. The van der Waals surface area contributed by atoms with E-state index in [1.165, 1.54) is 12.1 Å². The topological polar surface area (TPSA) is 41.6 Å². The summed E-state index contributed by atoms with van der Waals surface area (Å²) in [6.45, 7) is 0.480. The van der Waals surface area contributed by atoms with Gasteiger partial charge in [-0.2, -0.15) is 0 Å². The average molecular weight is 328 g/mol. The second kappa shape index (κ2) is 6.39. The van der Waals surface area contributed by atoms with Gasteiger partial charge in [-0.3, -0.25) is 10.1 Å². The number of carbonyl (C=O) groups is 1. The third-order valence-electron chi connectivity index (χ3n) is 4.26. The van der Waals surface area contributed by atoms with Gasteiger partial charge in [0.1, 0.15) is 17.7 Å². The van der Waals surface area contributed by atoms with E-state index in [4.69, 9.17) is 4.74 Å². The Morgan fingerprint density at radius 2 is 2.04 bits per heavy atom. The fourth-order valence-corrected chi connectivity index (χ4v) is 3.04. The number of ether oxygens (including phenoxy) is 1. The van der Waals surface area contributed by atoms with E-state index in [9.17, 15) is 18.0 Å². The van der Waals surface area contributed by atoms with Crippen LogP contribution in [0.15, 0.2) is 24.3 Å². The average Bonchev–Trinajstić information content (AvgIpc) is 2.87. The molecule has 4 nitrogen and oxygen atoms in total. The molecule has 0 aromatic heterocycles. The maximum atomic E-state index is 13.2. The first-order valence-electron chi connectivity index (χ1n) is 7.75. The molecular formula is C16H19F3N2O2. The minimum atomic E-state index is -2.81. The van der Waals surface area contributed by atoms with Crippen molar-refractivity contribution in [1.29, 1.82) is 0 Å². The van der Waals surface area contributed by atoms with Gasteiger partial charge in [-0.05, 0) is 12.1 Å². The number of nitrogens with zero attached hydrogens (tertiary/aromatic N) is 1. The molecule has 1 aromatic carbocycles. The number of halogens is 3. The fraction of sp³-hybridized carbons (Fsp3) is 0.562. The van der Waals surface area contributed by atoms with Gasteiger partial charge in [0.2, 0.25) is 5.91 Å². The van der Waals surface area contributed by atoms with Crippen LogP contribution in [0.5, 0.6) is 5.75 Å². The van der Waals surface area contributed by atoms with Gasteiger partial charge in [0.05, 0.1) is 12.6 Å². The smallest absolute Gasteiger partial charge is 0.262 e. The Bertz CT molecular complexity index is 574. The SMILES string of the molecule is O=C(C1CC(F)(F)CN1)N1CCC(Oc2cccc(F)c2)CC1. The molecule has 23 heavy (non-hydrogen) atoms. The third kappa shape index (κ3) is 3.96. The van der Waals surface area contributed by atoms with Crippen LogP contribution >= 0.6 is 0 Å². The molecule has 2 aliphatic heterocycles. The van der Waals surface area contributed by atoms with Gasteiger partial charge in [-0.25, -0.2) is 13.2 Å². The molecule has 2 heterocycles. The Kier molecular flexibility index (Phi) is 4.48. The molecule has 2 aliphatic rings. The van der Waals surface area contributed by atoms with Crippen LogP contribution in [0, 0.1) is 5.82 Å². The van der Waals surface area contributed by atoms with Gasteiger partial charge in [-0.15, -0.1) is 0 Å². The predicted molar refractivity (Wildman–Crippen MR) is 78.0 cm³/mol. The van der Waals surface area contributed by atoms with Crippen molar-refractivity contribution >= 4 is 5.91 Å². The second-order valence-corrected chi connectivity index (χ2v) is 6.09. The minimum absolute atomic E-state index is 0.0983. The number of benzene rings is 1. The lowest BCUT2D eigenvalue weighted by Gasteiger charge is -2.33. The lowest BCUT2D eigenvalue weighted by atomic mass is 10.1. The normalized spacial score (nSPS) is 24.7. The summed E-state index contributed by atoms with van der Waals surface area (Å²) < 4.78 is 45.2. The molecule has 3 rings (SSSR count). The van der Waals surface area contributed by atoms with Gasteiger partial charge in [0.25, 0.3) is 5.92 Å². The number of likely N-dealkylation sites (tertiary alicyclic amines) is 1. The van der Waals surface area contributed by atoms with Crippen LogP contribution in [0.2, 0.25) is 0 Å². The van der Waals surface area contributed by atoms with E-state index in [-0.39, 0.29) is 17.8 Å². The van der Waals surface area contributed by atoms with Crippen LogP contribution in [0.1, 0.15) is 19.3 Å². The Morgan fingerprint density at radius 3 is 2.65 bits per heavy atom. The molecule has 1 unspecified atom stereocenters. The molecule has 1 aromatic rings. The number of hydrogen-bond donors (Lipinski definition) is 1. The molecule has 2 fully saturated rings. The zero-order chi connectivity index (χ0) is 16.4. The Morgan fingerprint density at radius 1 is 1.30 bits per heavy atom. The van der Waals surface area contributed by atoms with Crippen LogP contribution < -0.4 is 10.1 Å². The molecular weight excluding hydrogens is 309 g/mol. The number of amides is 1. The van der Waals surface area contributed by atoms with Gasteiger partial charge >= 0.3 is 0 Å². The first-order chi connectivity index (χ1) is 10.9. The molecule has 0 spiro atoms. The van der Waals surface area contributed by atoms with Crippen molar-refractivity contribution in [2.75, 3.05) is 19.6 Å². The van der Waals surface area contributed by atoms with Gasteiger partial charge in [0, 0.05) is 38.4 Å². The Hall–Kier alpha value is -1.76. The summed E-state index contributed by atoms with van der Waals surface area (Å²) in [6, 6.07) is 5.13. The molecule has 7 heteroatoms. The molecule has 1 amide bonds. The number of nitrogens with one attached hydrogen (secondary N) is 1. The summed E-state index contributed by atoms with van der Waals surface area (Å²) in [4.78, 5) is 13.8. The fourth-order valence-electron chi connectivity index (χ4n) is 3.04. The highest BCUT2D eigenvalue weighted by Gasteiger charge is 2.43. The van der Waals surface area contributed by atoms with Crippen molar-refractivity contribution in [1.82, 2.24) is 10.2 Å². The van der Waals surface area contributed by atoms with E-state index < -0.39 is 24.9 Å². The molecule has 126 valence electrons. The number of rotatable bonds is 3. The molecule has 0 radical (unpaired) electrons. The van der Waals surface area contributed by atoms with E-state index >= 15 is 0 Å². The van der Waals surface area contributed by atoms with E-state index in [0.717, 1.165) is 0 Å². The monoisotopic (exact) mass is 328 g/mol. The number of piperidine rings is 1. The van der Waals surface area contributed by atoms with E-state index in [1.807, 2.05) is 0 Å². The second-order valence-electron chi connectivity index (χ2n) is 6.09. The van der Waals surface area contributed by atoms with Gasteiger partial charge < -0.3 is 9.64 Å². The van der Waals surface area contributed by atoms with Crippen LogP contribution in [-0.2, 0) is 4.79 Å². The summed E-state index contributed by atoms with van der Waals surface area (Å²) in [7, 11) is 0. The Balaban J connectivity index is 1.49. The lowest BCUT2D eigenvalue weighted by molar-refractivity contribution is -0.135. The number of carbonyl (C=O) groups excluding carboxylic acids is 1. The quantitative estimate of drug-likeness (QED) is 0.925. The van der Waals surface area contributed by atoms with E-state index in [0.29, 0.717) is 31.7 Å². The minimum Gasteiger partial charge on any atom is -0.490 e. The highest BCUT2D eigenvalue weighted by atomic mass is 19.3. The molecule has 1 atom stereocenters. The van der Waals surface area contributed by atoms with Crippen molar-refractivity contribution in [2.45, 2.75) is 37.3 Å². The van der Waals surface area contributed by atoms with Crippen LogP contribution in [0.4, 0.5) is 13.2 Å². The maximum absolute atomic E-state index is 13.2. The first kappa shape index (κ1) is 16.1. The van der Waals surface area contributed by atoms with Crippen molar-refractivity contribution < 1.29 is 22.7 Å². The summed E-state index contributed by atoms with van der Waals surface area (Å²) in [5.41, 5.74) is 0. The maximum Gasteiger partial charge on any atom is 0.262 e. The van der Waals surface area contributed by atoms with E-state index in [1.54, 1.807) is 17.0 Å². The van der Waals surface area contributed by atoms with Crippen molar-refractivity contribution in [3.63, 3.8) is 0 Å². The summed E-state index contributed by atoms with van der Waals surface area (Å²) >= 11 is 0. The van der Waals surface area contributed by atoms with Gasteiger partial charge in [0.15, 0.2) is 0 Å². The number of hydrogen-bond acceptors (Lipinski definition) is 3. The van der Waals surface area contributed by atoms with Crippen LogP contribution in [0.25, 0.3) is 0 Å². The highest BCUT2D eigenvalue weighted by Crippen LogP contribution is 2.27. The van der Waals surface area contributed by atoms with E-state index in [2.05, 4.69) is 5.32 Å². The highest BCUT2D eigenvalue weighted by molar-refractivity contribution is 5.82. The largest absolute Gasteiger partial charge is 0.490 e. The molecule has 0 aliphatic carbocycles. The van der Waals surface area contributed by atoms with Gasteiger partial charge in [-0.1, -0.05) is 6.07 Å². The first-order valence-corrected chi connectivity index (χ1v) is 7.75. The molecule has 1 N–H and O–H groups in total. The number of alkyl halides is 2. The molecule has 0 bridgehead atoms. The van der Waals surface area contributed by atoms with Crippen molar-refractivity contribution in [3.8, 4) is 5.75 Å². The summed E-state index contributed by atoms with van der Waals surface area (Å²) in [6.07, 6.45) is 0.668. The predicted octanol–water partition coefficient (Wildman–Crippen LogP) is 2.19. The summed E-state index contributed by atoms with van der Waals surface area (Å²) in [5, 5.41) is 2.59. The van der Waals surface area contributed by atoms with Crippen molar-refractivity contribution in [2.24, 2.45) is 0 Å². The Labute approximate surface area is 132 Å². The van der Waals surface area contributed by atoms with Crippen LogP contribution in [-0.4, -0.2) is 48.5 Å². The zero-order valence-electron chi connectivity index (χ0n) is 12.6. The van der Waals surface area contributed by atoms with Crippen molar-refractivity contribution in [3.05, 3.63) is 30.1 Å². The third-order valence-corrected chi connectivity index (χ3v) is 4.26. The lowest BCUT2D eigenvalue weighted by Crippen LogP contribution is -2.48. The molecule has 2 saturated heterocycles. The molecule has 0 saturated carbocycles. The standard InChI is InChI=1S/C16H19F3N2O2/c17-11-2-1-3-13(8-11)23-12-4-6-21(7-5-12)15(22)14-9-16(18,19)10-20-14/h1-3,8,12,14,20H,4-7,9-10H2. The summed E-state index contributed by atoms with van der Waals surface area (Å²) in [5.74, 6) is -2.97.